The summed E-state index contributed by atoms with van der Waals surface area (Å²) in [6, 6.07) is 6.25. The normalized spacial score (nSPS) is 10.8. The second kappa shape index (κ2) is 9.17. The molecule has 0 saturated carbocycles. The minimum Gasteiger partial charge on any atom is -0.313 e. The summed E-state index contributed by atoms with van der Waals surface area (Å²) in [4.78, 5) is 0. The SMILES string of the molecule is Cc1ccc(CNCCCCCCI)c(Cl)c1. The molecule has 0 aliphatic carbocycles. The predicted molar refractivity (Wildman–Crippen MR) is 85.3 cm³/mol. The number of benzene rings is 1. The lowest BCUT2D eigenvalue weighted by molar-refractivity contribution is 0.600. The fourth-order valence-electron chi connectivity index (χ4n) is 1.72. The van der Waals surface area contributed by atoms with E-state index in [9.17, 15) is 0 Å². The van der Waals surface area contributed by atoms with E-state index in [1.54, 1.807) is 0 Å². The zero-order valence-electron chi connectivity index (χ0n) is 10.4. The molecular formula is C14H21ClIN. The van der Waals surface area contributed by atoms with Crippen LogP contribution in [-0.4, -0.2) is 11.0 Å². The Kier molecular flexibility index (Phi) is 8.23. The fraction of sp³-hybridized carbons (Fsp3) is 0.571. The second-order valence-corrected chi connectivity index (χ2v) is 5.86. The highest BCUT2D eigenvalue weighted by Gasteiger charge is 1.99. The molecule has 0 spiro atoms. The van der Waals surface area contributed by atoms with Crippen LogP contribution in [0.4, 0.5) is 0 Å². The topological polar surface area (TPSA) is 12.0 Å². The van der Waals surface area contributed by atoms with Crippen molar-refractivity contribution in [1.29, 1.82) is 0 Å². The maximum absolute atomic E-state index is 6.17. The molecule has 0 radical (unpaired) electrons. The van der Waals surface area contributed by atoms with Crippen molar-refractivity contribution in [1.82, 2.24) is 5.32 Å². The smallest absolute Gasteiger partial charge is 0.0453 e. The molecule has 0 aliphatic heterocycles. The van der Waals surface area contributed by atoms with Gasteiger partial charge >= 0.3 is 0 Å². The lowest BCUT2D eigenvalue weighted by Crippen LogP contribution is -2.14. The van der Waals surface area contributed by atoms with Gasteiger partial charge in [0, 0.05) is 11.6 Å². The van der Waals surface area contributed by atoms with Crippen LogP contribution in [0.2, 0.25) is 5.02 Å². The molecule has 96 valence electrons. The summed E-state index contributed by atoms with van der Waals surface area (Å²) in [5.74, 6) is 0. The highest BCUT2D eigenvalue weighted by molar-refractivity contribution is 14.1. The van der Waals surface area contributed by atoms with E-state index in [1.165, 1.54) is 41.2 Å². The van der Waals surface area contributed by atoms with Gasteiger partial charge in [-0.3, -0.25) is 0 Å². The van der Waals surface area contributed by atoms with Gasteiger partial charge in [0.2, 0.25) is 0 Å². The van der Waals surface area contributed by atoms with Gasteiger partial charge in [-0.05, 0) is 47.9 Å². The van der Waals surface area contributed by atoms with Crippen molar-refractivity contribution in [2.75, 3.05) is 11.0 Å². The Morgan fingerprint density at radius 3 is 2.65 bits per heavy atom. The molecule has 0 amide bonds. The molecule has 0 aromatic heterocycles. The molecule has 0 bridgehead atoms. The van der Waals surface area contributed by atoms with E-state index >= 15 is 0 Å². The van der Waals surface area contributed by atoms with Gasteiger partial charge in [-0.2, -0.15) is 0 Å². The largest absolute Gasteiger partial charge is 0.313 e. The lowest BCUT2D eigenvalue weighted by atomic mass is 10.1. The standard InChI is InChI=1S/C14H21ClIN/c1-12-6-7-13(14(15)10-12)11-17-9-5-3-2-4-8-16/h6-7,10,17H,2-5,8-9,11H2,1H3. The number of rotatable bonds is 8. The minimum absolute atomic E-state index is 0.877. The molecule has 0 aliphatic rings. The van der Waals surface area contributed by atoms with E-state index in [4.69, 9.17) is 11.6 Å². The van der Waals surface area contributed by atoms with Gasteiger partial charge in [0.25, 0.3) is 0 Å². The maximum atomic E-state index is 6.17. The fourth-order valence-corrected chi connectivity index (χ4v) is 2.56. The van der Waals surface area contributed by atoms with Crippen molar-refractivity contribution in [3.63, 3.8) is 0 Å². The molecule has 0 saturated heterocycles. The molecule has 0 fully saturated rings. The molecule has 0 unspecified atom stereocenters. The zero-order valence-corrected chi connectivity index (χ0v) is 13.4. The highest BCUT2D eigenvalue weighted by atomic mass is 127. The van der Waals surface area contributed by atoms with Crippen molar-refractivity contribution >= 4 is 34.2 Å². The Labute approximate surface area is 123 Å². The van der Waals surface area contributed by atoms with Crippen LogP contribution in [-0.2, 0) is 6.54 Å². The first-order chi connectivity index (χ1) is 8.24. The van der Waals surface area contributed by atoms with E-state index in [0.29, 0.717) is 0 Å². The summed E-state index contributed by atoms with van der Waals surface area (Å²) in [5, 5.41) is 4.33. The number of hydrogen-bond donors (Lipinski definition) is 1. The highest BCUT2D eigenvalue weighted by Crippen LogP contribution is 2.17. The zero-order chi connectivity index (χ0) is 12.5. The van der Waals surface area contributed by atoms with Gasteiger partial charge in [-0.25, -0.2) is 0 Å². The van der Waals surface area contributed by atoms with Crippen LogP contribution < -0.4 is 5.32 Å². The quantitative estimate of drug-likeness (QED) is 0.399. The Balaban J connectivity index is 2.14. The minimum atomic E-state index is 0.877. The van der Waals surface area contributed by atoms with Gasteiger partial charge in [-0.1, -0.05) is 59.2 Å². The van der Waals surface area contributed by atoms with Gasteiger partial charge in [0.1, 0.15) is 0 Å². The van der Waals surface area contributed by atoms with E-state index in [1.807, 2.05) is 6.07 Å². The predicted octanol–water partition coefficient (Wildman–Crippen LogP) is 4.73. The first kappa shape index (κ1) is 15.3. The summed E-state index contributed by atoms with van der Waals surface area (Å²) < 4.78 is 1.28. The van der Waals surface area contributed by atoms with Crippen LogP contribution in [0.15, 0.2) is 18.2 Å². The van der Waals surface area contributed by atoms with Crippen molar-refractivity contribution in [2.24, 2.45) is 0 Å². The van der Waals surface area contributed by atoms with E-state index in [0.717, 1.165) is 18.1 Å². The first-order valence-corrected chi connectivity index (χ1v) is 8.16. The maximum Gasteiger partial charge on any atom is 0.0453 e. The van der Waals surface area contributed by atoms with Crippen molar-refractivity contribution in [2.45, 2.75) is 39.2 Å². The Hall–Kier alpha value is 0.200. The monoisotopic (exact) mass is 365 g/mol. The summed E-state index contributed by atoms with van der Waals surface area (Å²) in [5.41, 5.74) is 2.42. The number of aryl methyl sites for hydroxylation is 1. The third kappa shape index (κ3) is 6.63. The summed E-state index contributed by atoms with van der Waals surface area (Å²) >= 11 is 8.61. The number of hydrogen-bond acceptors (Lipinski definition) is 1. The van der Waals surface area contributed by atoms with Crippen molar-refractivity contribution in [3.05, 3.63) is 34.3 Å². The molecule has 1 rings (SSSR count). The van der Waals surface area contributed by atoms with Gasteiger partial charge < -0.3 is 5.32 Å². The third-order valence-corrected chi connectivity index (χ3v) is 3.88. The number of nitrogens with one attached hydrogen (secondary N) is 1. The van der Waals surface area contributed by atoms with E-state index in [-0.39, 0.29) is 0 Å². The summed E-state index contributed by atoms with van der Waals surface area (Å²) in [6.45, 7) is 4.03. The second-order valence-electron chi connectivity index (χ2n) is 4.37. The third-order valence-electron chi connectivity index (χ3n) is 2.76. The van der Waals surface area contributed by atoms with Crippen LogP contribution >= 0.6 is 34.2 Å². The molecule has 3 heteroatoms. The molecule has 0 atom stereocenters. The number of unbranched alkanes of at least 4 members (excludes halogenated alkanes) is 3. The molecule has 1 aromatic rings. The number of halogens is 2. The van der Waals surface area contributed by atoms with Crippen molar-refractivity contribution < 1.29 is 0 Å². The average Bonchev–Trinajstić information content (AvgIpc) is 2.30. The van der Waals surface area contributed by atoms with E-state index in [2.05, 4.69) is 47.0 Å². The first-order valence-electron chi connectivity index (χ1n) is 6.25. The van der Waals surface area contributed by atoms with Crippen LogP contribution in [0.3, 0.4) is 0 Å². The average molecular weight is 366 g/mol. The van der Waals surface area contributed by atoms with Crippen LogP contribution in [0.25, 0.3) is 0 Å². The molecule has 1 nitrogen and oxygen atoms in total. The molecule has 17 heavy (non-hydrogen) atoms. The Morgan fingerprint density at radius 1 is 1.18 bits per heavy atom. The van der Waals surface area contributed by atoms with Crippen LogP contribution in [0.1, 0.15) is 36.8 Å². The van der Waals surface area contributed by atoms with Crippen molar-refractivity contribution in [3.8, 4) is 0 Å². The molecule has 1 aromatic carbocycles. The van der Waals surface area contributed by atoms with Gasteiger partial charge in [0.05, 0.1) is 0 Å². The summed E-state index contributed by atoms with van der Waals surface area (Å²) in [6.07, 6.45) is 5.30. The molecule has 1 N–H and O–H groups in total. The Bertz CT molecular complexity index is 328. The number of alkyl halides is 1. The summed E-state index contributed by atoms with van der Waals surface area (Å²) in [7, 11) is 0. The Morgan fingerprint density at radius 2 is 1.94 bits per heavy atom. The van der Waals surface area contributed by atoms with Gasteiger partial charge in [0.15, 0.2) is 0 Å². The lowest BCUT2D eigenvalue weighted by Gasteiger charge is -2.07. The van der Waals surface area contributed by atoms with E-state index < -0.39 is 0 Å². The van der Waals surface area contributed by atoms with Crippen LogP contribution in [0, 0.1) is 6.92 Å². The molecule has 0 heterocycles. The molecular weight excluding hydrogens is 345 g/mol. The van der Waals surface area contributed by atoms with Gasteiger partial charge in [-0.15, -0.1) is 0 Å². The van der Waals surface area contributed by atoms with Crippen LogP contribution in [0.5, 0.6) is 0 Å².